The first-order valence-corrected chi connectivity index (χ1v) is 10.2. The lowest BCUT2D eigenvalue weighted by atomic mass is 9.97. The molecule has 5 nitrogen and oxygen atoms in total. The van der Waals surface area contributed by atoms with Gasteiger partial charge >= 0.3 is 5.97 Å². The third-order valence-corrected chi connectivity index (χ3v) is 6.03. The Labute approximate surface area is 162 Å². The molecule has 1 aromatic heterocycles. The van der Waals surface area contributed by atoms with Crippen LogP contribution in [0.5, 0.6) is 0 Å². The summed E-state index contributed by atoms with van der Waals surface area (Å²) in [6, 6.07) is 6.08. The number of hydrogen-bond acceptors (Lipinski definition) is 6. The number of carbonyl (C=O) groups excluding carboxylic acids is 2. The first kappa shape index (κ1) is 20.5. The highest BCUT2D eigenvalue weighted by Crippen LogP contribution is 2.40. The number of nitrogens with two attached hydrogens (primary N) is 1. The molecule has 1 aromatic carbocycles. The molecular weight excluding hydrogens is 368 g/mol. The number of methoxy groups -OCH3 is 1. The van der Waals surface area contributed by atoms with Crippen LogP contribution >= 0.6 is 23.1 Å². The smallest absolute Gasteiger partial charge is 0.341 e. The van der Waals surface area contributed by atoms with E-state index in [0.717, 1.165) is 21.6 Å². The van der Waals surface area contributed by atoms with Gasteiger partial charge in [0.15, 0.2) is 0 Å². The van der Waals surface area contributed by atoms with E-state index < -0.39 is 5.97 Å². The molecule has 140 valence electrons. The van der Waals surface area contributed by atoms with Gasteiger partial charge in [-0.1, -0.05) is 18.2 Å². The van der Waals surface area contributed by atoms with Crippen molar-refractivity contribution in [1.82, 2.24) is 0 Å². The lowest BCUT2D eigenvalue weighted by Gasteiger charge is -2.09. The van der Waals surface area contributed by atoms with Crippen LogP contribution in [0.15, 0.2) is 18.2 Å². The molecule has 2 rings (SSSR count). The zero-order valence-electron chi connectivity index (χ0n) is 15.5. The van der Waals surface area contributed by atoms with Gasteiger partial charge in [-0.15, -0.1) is 11.3 Å². The molecule has 3 N–H and O–H groups in total. The van der Waals surface area contributed by atoms with Crippen LogP contribution < -0.4 is 11.1 Å². The largest absolute Gasteiger partial charge is 0.465 e. The fourth-order valence-electron chi connectivity index (χ4n) is 2.58. The SMILES string of the molecule is COC(=O)c1c(NC(=O)CSCCN)sc(C)c1-c1ccc(C)c(C)c1. The molecule has 0 radical (unpaired) electrons. The van der Waals surface area contributed by atoms with Gasteiger partial charge in [0.25, 0.3) is 0 Å². The van der Waals surface area contributed by atoms with Gasteiger partial charge in [-0.25, -0.2) is 4.79 Å². The van der Waals surface area contributed by atoms with Crippen LogP contribution in [0.25, 0.3) is 11.1 Å². The molecule has 0 saturated heterocycles. The van der Waals surface area contributed by atoms with Crippen LogP contribution in [0, 0.1) is 20.8 Å². The van der Waals surface area contributed by atoms with Crippen molar-refractivity contribution >= 4 is 40.0 Å². The molecule has 0 spiro atoms. The number of hydrogen-bond donors (Lipinski definition) is 2. The monoisotopic (exact) mass is 392 g/mol. The Balaban J connectivity index is 2.42. The van der Waals surface area contributed by atoms with Gasteiger partial charge in [0.05, 0.1) is 12.9 Å². The number of amides is 1. The van der Waals surface area contributed by atoms with Crippen LogP contribution in [0.4, 0.5) is 5.00 Å². The minimum absolute atomic E-state index is 0.151. The summed E-state index contributed by atoms with van der Waals surface area (Å²) in [6.07, 6.45) is 0. The Bertz CT molecular complexity index is 815. The summed E-state index contributed by atoms with van der Waals surface area (Å²) in [4.78, 5) is 25.6. The summed E-state index contributed by atoms with van der Waals surface area (Å²) in [5.41, 5.74) is 9.95. The molecule has 0 aliphatic rings. The van der Waals surface area contributed by atoms with Crippen LogP contribution in [0.3, 0.4) is 0 Å². The Hall–Kier alpha value is -1.83. The first-order chi connectivity index (χ1) is 12.4. The van der Waals surface area contributed by atoms with E-state index in [0.29, 0.717) is 28.6 Å². The molecule has 0 atom stereocenters. The van der Waals surface area contributed by atoms with Crippen molar-refractivity contribution in [3.8, 4) is 11.1 Å². The molecule has 0 aliphatic heterocycles. The molecular formula is C19H24N2O3S2. The van der Waals surface area contributed by atoms with E-state index >= 15 is 0 Å². The second-order valence-corrected chi connectivity index (χ2v) is 8.25. The number of anilines is 1. The van der Waals surface area contributed by atoms with Gasteiger partial charge in [0.1, 0.15) is 10.6 Å². The highest BCUT2D eigenvalue weighted by atomic mass is 32.2. The molecule has 0 unspecified atom stereocenters. The van der Waals surface area contributed by atoms with Gasteiger partial charge in [0.2, 0.25) is 5.91 Å². The van der Waals surface area contributed by atoms with E-state index in [9.17, 15) is 9.59 Å². The molecule has 0 aliphatic carbocycles. The maximum atomic E-state index is 12.4. The molecule has 1 amide bonds. The highest BCUT2D eigenvalue weighted by Gasteiger charge is 2.25. The lowest BCUT2D eigenvalue weighted by molar-refractivity contribution is -0.113. The first-order valence-electron chi connectivity index (χ1n) is 8.26. The summed E-state index contributed by atoms with van der Waals surface area (Å²) in [6.45, 7) is 6.56. The van der Waals surface area contributed by atoms with Crippen LogP contribution in [0.1, 0.15) is 26.4 Å². The maximum absolute atomic E-state index is 12.4. The average Bonchev–Trinajstić information content (AvgIpc) is 2.92. The Morgan fingerprint density at radius 2 is 1.96 bits per heavy atom. The van der Waals surface area contributed by atoms with E-state index in [1.807, 2.05) is 32.9 Å². The van der Waals surface area contributed by atoms with Crippen LogP contribution in [-0.4, -0.2) is 37.0 Å². The van der Waals surface area contributed by atoms with Gasteiger partial charge < -0.3 is 15.8 Å². The van der Waals surface area contributed by atoms with E-state index in [2.05, 4.69) is 11.4 Å². The zero-order chi connectivity index (χ0) is 19.3. The number of aryl methyl sites for hydroxylation is 3. The number of benzene rings is 1. The number of nitrogens with one attached hydrogen (secondary N) is 1. The number of ether oxygens (including phenoxy) is 1. The van der Waals surface area contributed by atoms with Gasteiger partial charge in [-0.2, -0.15) is 11.8 Å². The summed E-state index contributed by atoms with van der Waals surface area (Å²) >= 11 is 2.85. The summed E-state index contributed by atoms with van der Waals surface area (Å²) in [5.74, 6) is 0.413. The Morgan fingerprint density at radius 3 is 2.58 bits per heavy atom. The molecule has 0 bridgehead atoms. The Morgan fingerprint density at radius 1 is 1.23 bits per heavy atom. The number of thioether (sulfide) groups is 1. The molecule has 1 heterocycles. The van der Waals surface area contributed by atoms with E-state index in [4.69, 9.17) is 10.5 Å². The fraction of sp³-hybridized carbons (Fsp3) is 0.368. The van der Waals surface area contributed by atoms with Crippen molar-refractivity contribution in [1.29, 1.82) is 0 Å². The summed E-state index contributed by atoms with van der Waals surface area (Å²) in [5, 5.41) is 3.39. The van der Waals surface area contributed by atoms with Gasteiger partial charge in [-0.3, -0.25) is 4.79 Å². The van der Waals surface area contributed by atoms with Crippen LogP contribution in [0.2, 0.25) is 0 Å². The summed E-state index contributed by atoms with van der Waals surface area (Å²) in [7, 11) is 1.35. The molecule has 2 aromatic rings. The van der Waals surface area contributed by atoms with Crippen LogP contribution in [-0.2, 0) is 9.53 Å². The van der Waals surface area contributed by atoms with Crippen molar-refractivity contribution in [3.05, 3.63) is 39.8 Å². The predicted octanol–water partition coefficient (Wildman–Crippen LogP) is 3.76. The molecule has 7 heteroatoms. The molecule has 0 saturated carbocycles. The minimum Gasteiger partial charge on any atom is -0.465 e. The lowest BCUT2D eigenvalue weighted by Crippen LogP contribution is -2.17. The van der Waals surface area contributed by atoms with Crippen molar-refractivity contribution in [3.63, 3.8) is 0 Å². The van der Waals surface area contributed by atoms with Gasteiger partial charge in [-0.05, 0) is 37.5 Å². The standard InChI is InChI=1S/C19H24N2O3S2/c1-11-5-6-14(9-12(11)2)16-13(3)26-18(17(16)19(23)24-4)21-15(22)10-25-8-7-20/h5-6,9H,7-8,10,20H2,1-4H3,(H,21,22). The third-order valence-electron chi connectivity index (χ3n) is 4.02. The second kappa shape index (κ2) is 9.21. The third kappa shape index (κ3) is 4.66. The minimum atomic E-state index is -0.451. The average molecular weight is 393 g/mol. The van der Waals surface area contributed by atoms with E-state index in [1.54, 1.807) is 0 Å². The normalized spacial score (nSPS) is 10.7. The topological polar surface area (TPSA) is 81.4 Å². The maximum Gasteiger partial charge on any atom is 0.341 e. The quantitative estimate of drug-likeness (QED) is 0.554. The van der Waals surface area contributed by atoms with E-state index in [-0.39, 0.29) is 5.91 Å². The molecule has 26 heavy (non-hydrogen) atoms. The zero-order valence-corrected chi connectivity index (χ0v) is 17.1. The van der Waals surface area contributed by atoms with Crippen molar-refractivity contribution in [2.45, 2.75) is 20.8 Å². The number of rotatable bonds is 7. The predicted molar refractivity (Wildman–Crippen MR) is 110 cm³/mol. The highest BCUT2D eigenvalue weighted by molar-refractivity contribution is 7.99. The van der Waals surface area contributed by atoms with Gasteiger partial charge in [0, 0.05) is 22.7 Å². The fourth-order valence-corrected chi connectivity index (χ4v) is 4.23. The van der Waals surface area contributed by atoms with Crippen molar-refractivity contribution in [2.75, 3.05) is 30.5 Å². The molecule has 0 fully saturated rings. The van der Waals surface area contributed by atoms with Crippen molar-refractivity contribution in [2.24, 2.45) is 5.73 Å². The number of carbonyl (C=O) groups is 2. The second-order valence-electron chi connectivity index (χ2n) is 5.92. The van der Waals surface area contributed by atoms with Crippen molar-refractivity contribution < 1.29 is 14.3 Å². The number of esters is 1. The summed E-state index contributed by atoms with van der Waals surface area (Å²) < 4.78 is 4.98. The van der Waals surface area contributed by atoms with E-state index in [1.165, 1.54) is 35.8 Å². The Kier molecular flexibility index (Phi) is 7.25. The number of thiophene rings is 1.